The van der Waals surface area contributed by atoms with Crippen LogP contribution >= 0.6 is 0 Å². The van der Waals surface area contributed by atoms with Gasteiger partial charge >= 0.3 is 0 Å². The summed E-state index contributed by atoms with van der Waals surface area (Å²) < 4.78 is 0. The predicted molar refractivity (Wildman–Crippen MR) is 41.2 cm³/mol. The average Bonchev–Trinajstić information content (AvgIpc) is 1.96. The van der Waals surface area contributed by atoms with Gasteiger partial charge in [-0.1, -0.05) is 31.2 Å². The molecule has 0 aromatic rings. The third-order valence-electron chi connectivity index (χ3n) is 1.73. The van der Waals surface area contributed by atoms with Gasteiger partial charge in [0.25, 0.3) is 0 Å². The molecule has 0 saturated carbocycles. The second kappa shape index (κ2) is 2.30. The molecule has 0 aliphatic heterocycles. The van der Waals surface area contributed by atoms with Crippen molar-refractivity contribution in [2.24, 2.45) is 11.3 Å². The molecule has 1 heteroatoms. The Morgan fingerprint density at radius 1 is 1.40 bits per heavy atom. The summed E-state index contributed by atoms with van der Waals surface area (Å²) in [5.41, 5.74) is -0.355. The third-order valence-corrected chi connectivity index (χ3v) is 1.73. The zero-order valence-electron chi connectivity index (χ0n) is 6.33. The van der Waals surface area contributed by atoms with E-state index in [-0.39, 0.29) is 5.41 Å². The summed E-state index contributed by atoms with van der Waals surface area (Å²) in [5.74, 6) is 0.487. The molecule has 1 rings (SSSR count). The Hall–Kier alpha value is -1.03. The molecule has 0 bridgehead atoms. The molecule has 0 amide bonds. The fourth-order valence-electron chi connectivity index (χ4n) is 0.898. The van der Waals surface area contributed by atoms with Gasteiger partial charge in [-0.15, -0.1) is 0 Å². The fraction of sp³-hybridized carbons (Fsp3) is 0.444. The molecular weight excluding hydrogens is 122 g/mol. The van der Waals surface area contributed by atoms with E-state index < -0.39 is 0 Å². The molecule has 0 spiro atoms. The van der Waals surface area contributed by atoms with Crippen LogP contribution in [-0.4, -0.2) is 0 Å². The SMILES string of the molecule is CC1C=CC(C)(C#N)C=C1. The summed E-state index contributed by atoms with van der Waals surface area (Å²) in [7, 11) is 0. The van der Waals surface area contributed by atoms with Crippen molar-refractivity contribution in [1.29, 1.82) is 5.26 Å². The number of allylic oxidation sites excluding steroid dienone is 4. The highest BCUT2D eigenvalue weighted by Crippen LogP contribution is 2.24. The lowest BCUT2D eigenvalue weighted by molar-refractivity contribution is 0.694. The summed E-state index contributed by atoms with van der Waals surface area (Å²) >= 11 is 0. The van der Waals surface area contributed by atoms with Crippen molar-refractivity contribution in [3.05, 3.63) is 24.3 Å². The summed E-state index contributed by atoms with van der Waals surface area (Å²) in [4.78, 5) is 0. The summed E-state index contributed by atoms with van der Waals surface area (Å²) in [5, 5.41) is 8.68. The highest BCUT2D eigenvalue weighted by Gasteiger charge is 2.18. The van der Waals surface area contributed by atoms with Crippen LogP contribution in [0.3, 0.4) is 0 Å². The highest BCUT2D eigenvalue weighted by molar-refractivity contribution is 5.26. The van der Waals surface area contributed by atoms with Crippen LogP contribution in [0.5, 0.6) is 0 Å². The van der Waals surface area contributed by atoms with Crippen LogP contribution in [0.4, 0.5) is 0 Å². The van der Waals surface area contributed by atoms with Crippen molar-refractivity contribution in [1.82, 2.24) is 0 Å². The Bertz CT molecular complexity index is 203. The summed E-state index contributed by atoms with van der Waals surface area (Å²) in [6, 6.07) is 2.23. The van der Waals surface area contributed by atoms with Gasteiger partial charge < -0.3 is 0 Å². The molecule has 0 saturated heterocycles. The van der Waals surface area contributed by atoms with Crippen LogP contribution in [0.25, 0.3) is 0 Å². The van der Waals surface area contributed by atoms with E-state index in [1.807, 2.05) is 19.1 Å². The maximum Gasteiger partial charge on any atom is 0.0905 e. The number of hydrogen-bond acceptors (Lipinski definition) is 1. The van der Waals surface area contributed by atoms with E-state index in [9.17, 15) is 0 Å². The Balaban J connectivity index is 2.82. The molecule has 0 heterocycles. The zero-order chi connectivity index (χ0) is 7.61. The first-order chi connectivity index (χ1) is 4.66. The monoisotopic (exact) mass is 133 g/mol. The standard InChI is InChI=1S/C9H11N/c1-8-3-5-9(2,7-10)6-4-8/h3-6,8H,1-2H3. The van der Waals surface area contributed by atoms with Crippen molar-refractivity contribution in [3.63, 3.8) is 0 Å². The van der Waals surface area contributed by atoms with Gasteiger partial charge in [0.1, 0.15) is 0 Å². The van der Waals surface area contributed by atoms with Gasteiger partial charge in [0.05, 0.1) is 11.5 Å². The molecule has 0 aromatic carbocycles. The van der Waals surface area contributed by atoms with Crippen molar-refractivity contribution < 1.29 is 0 Å². The lowest BCUT2D eigenvalue weighted by Gasteiger charge is -2.16. The first kappa shape index (κ1) is 7.08. The van der Waals surface area contributed by atoms with E-state index in [0.29, 0.717) is 5.92 Å². The molecule has 1 aliphatic rings. The normalized spacial score (nSPS) is 37.5. The van der Waals surface area contributed by atoms with Crippen molar-refractivity contribution in [3.8, 4) is 6.07 Å². The molecule has 10 heavy (non-hydrogen) atoms. The first-order valence-electron chi connectivity index (χ1n) is 3.46. The summed E-state index contributed by atoms with van der Waals surface area (Å²) in [6.45, 7) is 4.01. The second-order valence-corrected chi connectivity index (χ2v) is 2.97. The molecule has 0 atom stereocenters. The minimum atomic E-state index is -0.355. The largest absolute Gasteiger partial charge is 0.197 e. The van der Waals surface area contributed by atoms with Crippen LogP contribution < -0.4 is 0 Å². The van der Waals surface area contributed by atoms with E-state index in [2.05, 4.69) is 25.1 Å². The lowest BCUT2D eigenvalue weighted by atomic mass is 9.85. The number of nitrogens with zero attached hydrogens (tertiary/aromatic N) is 1. The topological polar surface area (TPSA) is 23.8 Å². The molecule has 0 N–H and O–H groups in total. The molecule has 52 valence electrons. The van der Waals surface area contributed by atoms with Crippen molar-refractivity contribution in [2.45, 2.75) is 13.8 Å². The lowest BCUT2D eigenvalue weighted by Crippen LogP contribution is -2.09. The molecule has 1 aliphatic carbocycles. The highest BCUT2D eigenvalue weighted by atomic mass is 14.3. The van der Waals surface area contributed by atoms with Gasteiger partial charge in [-0.05, 0) is 12.8 Å². The van der Waals surface area contributed by atoms with E-state index in [4.69, 9.17) is 5.26 Å². The minimum absolute atomic E-state index is 0.355. The Morgan fingerprint density at radius 3 is 2.30 bits per heavy atom. The van der Waals surface area contributed by atoms with Gasteiger partial charge in [-0.25, -0.2) is 0 Å². The number of nitriles is 1. The number of hydrogen-bond donors (Lipinski definition) is 0. The van der Waals surface area contributed by atoms with Gasteiger partial charge in [-0.2, -0.15) is 5.26 Å². The first-order valence-corrected chi connectivity index (χ1v) is 3.46. The molecule has 0 aromatic heterocycles. The van der Waals surface area contributed by atoms with E-state index >= 15 is 0 Å². The molecule has 0 radical (unpaired) electrons. The molecule has 0 unspecified atom stereocenters. The van der Waals surface area contributed by atoms with E-state index in [0.717, 1.165) is 0 Å². The quantitative estimate of drug-likeness (QED) is 0.465. The average molecular weight is 133 g/mol. The van der Waals surface area contributed by atoms with Gasteiger partial charge in [-0.3, -0.25) is 0 Å². The van der Waals surface area contributed by atoms with Gasteiger partial charge in [0.15, 0.2) is 0 Å². The Labute approximate surface area is 61.7 Å². The number of rotatable bonds is 0. The maximum atomic E-state index is 8.68. The fourth-order valence-corrected chi connectivity index (χ4v) is 0.898. The van der Waals surface area contributed by atoms with Crippen molar-refractivity contribution in [2.75, 3.05) is 0 Å². The second-order valence-electron chi connectivity index (χ2n) is 2.97. The third kappa shape index (κ3) is 1.27. The molecule has 0 fully saturated rings. The van der Waals surface area contributed by atoms with Crippen LogP contribution in [-0.2, 0) is 0 Å². The Morgan fingerprint density at radius 2 is 1.90 bits per heavy atom. The van der Waals surface area contributed by atoms with E-state index in [1.54, 1.807) is 0 Å². The Kier molecular flexibility index (Phi) is 1.63. The zero-order valence-corrected chi connectivity index (χ0v) is 6.33. The minimum Gasteiger partial charge on any atom is -0.197 e. The van der Waals surface area contributed by atoms with Gasteiger partial charge in [0.2, 0.25) is 0 Å². The van der Waals surface area contributed by atoms with Crippen LogP contribution in [0.15, 0.2) is 24.3 Å². The molecule has 1 nitrogen and oxygen atoms in total. The van der Waals surface area contributed by atoms with Crippen molar-refractivity contribution >= 4 is 0 Å². The maximum absolute atomic E-state index is 8.68. The summed E-state index contributed by atoms with van der Waals surface area (Å²) in [6.07, 6.45) is 8.03. The van der Waals surface area contributed by atoms with Gasteiger partial charge in [0, 0.05) is 0 Å². The van der Waals surface area contributed by atoms with Crippen LogP contribution in [0.1, 0.15) is 13.8 Å². The predicted octanol–water partition coefficient (Wildman–Crippen LogP) is 2.28. The molecular formula is C9H11N. The van der Waals surface area contributed by atoms with Crippen LogP contribution in [0.2, 0.25) is 0 Å². The smallest absolute Gasteiger partial charge is 0.0905 e. The van der Waals surface area contributed by atoms with Crippen LogP contribution in [0, 0.1) is 22.7 Å². The van der Waals surface area contributed by atoms with E-state index in [1.165, 1.54) is 0 Å².